The van der Waals surface area contributed by atoms with Crippen LogP contribution in [0.15, 0.2) is 24.3 Å². The van der Waals surface area contributed by atoms with Crippen molar-refractivity contribution in [2.45, 2.75) is 46.1 Å². The normalized spacial score (nSPS) is 30.9. The van der Waals surface area contributed by atoms with E-state index in [1.54, 1.807) is 24.3 Å². The molecule has 1 heterocycles. The lowest BCUT2D eigenvalue weighted by Crippen LogP contribution is -2.50. The molecule has 1 aromatic carbocycles. The van der Waals surface area contributed by atoms with E-state index in [-0.39, 0.29) is 17.7 Å². The second-order valence-electron chi connectivity index (χ2n) is 7.26. The van der Waals surface area contributed by atoms with Crippen LogP contribution in [0.5, 0.6) is 0 Å². The number of carbonyl (C=O) groups excluding carboxylic acids is 3. The van der Waals surface area contributed by atoms with E-state index < -0.39 is 16.4 Å². The molecule has 2 atom stereocenters. The van der Waals surface area contributed by atoms with Crippen molar-refractivity contribution >= 4 is 23.3 Å². The molecule has 1 aliphatic heterocycles. The summed E-state index contributed by atoms with van der Waals surface area (Å²) >= 11 is 0. The maximum absolute atomic E-state index is 12.9. The summed E-state index contributed by atoms with van der Waals surface area (Å²) in [7, 11) is 0. The first-order valence-corrected chi connectivity index (χ1v) is 7.80. The third-order valence-electron chi connectivity index (χ3n) is 6.00. The van der Waals surface area contributed by atoms with Crippen LogP contribution in [0.4, 0.5) is 5.69 Å². The van der Waals surface area contributed by atoms with Crippen molar-refractivity contribution in [2.75, 3.05) is 5.32 Å². The summed E-state index contributed by atoms with van der Waals surface area (Å²) in [6.45, 7) is 7.21. The predicted molar refractivity (Wildman–Crippen MR) is 85.0 cm³/mol. The topological polar surface area (TPSA) is 72.5 Å². The van der Waals surface area contributed by atoms with Gasteiger partial charge in [-0.25, -0.2) is 0 Å². The minimum Gasteiger partial charge on any atom is -0.448 e. The number of carbonyl (C=O) groups is 3. The van der Waals surface area contributed by atoms with Crippen molar-refractivity contribution in [3.63, 3.8) is 0 Å². The molecule has 23 heavy (non-hydrogen) atoms. The molecule has 1 aromatic rings. The number of rotatable bonds is 3. The Bertz CT molecular complexity index is 706. The zero-order chi connectivity index (χ0) is 17.0. The van der Waals surface area contributed by atoms with Crippen LogP contribution in [0.25, 0.3) is 0 Å². The van der Waals surface area contributed by atoms with Crippen LogP contribution in [0, 0.1) is 10.8 Å². The highest BCUT2D eigenvalue weighted by Gasteiger charge is 2.75. The maximum Gasteiger partial charge on any atom is 0.313 e. The second-order valence-corrected chi connectivity index (χ2v) is 7.26. The molecule has 5 heteroatoms. The zero-order valence-electron chi connectivity index (χ0n) is 13.9. The first-order chi connectivity index (χ1) is 10.6. The van der Waals surface area contributed by atoms with Gasteiger partial charge in [0.1, 0.15) is 0 Å². The van der Waals surface area contributed by atoms with Crippen molar-refractivity contribution in [3.05, 3.63) is 29.8 Å². The van der Waals surface area contributed by atoms with Crippen LogP contribution in [0.1, 0.15) is 50.9 Å². The van der Waals surface area contributed by atoms with Gasteiger partial charge in [-0.3, -0.25) is 14.4 Å². The monoisotopic (exact) mass is 315 g/mol. The van der Waals surface area contributed by atoms with E-state index in [9.17, 15) is 14.4 Å². The summed E-state index contributed by atoms with van der Waals surface area (Å²) in [6, 6.07) is 6.70. The van der Waals surface area contributed by atoms with Gasteiger partial charge < -0.3 is 10.1 Å². The Labute approximate surface area is 135 Å². The Morgan fingerprint density at radius 1 is 1.09 bits per heavy atom. The van der Waals surface area contributed by atoms with Crippen LogP contribution >= 0.6 is 0 Å². The van der Waals surface area contributed by atoms with Gasteiger partial charge in [0.2, 0.25) is 0 Å². The van der Waals surface area contributed by atoms with E-state index in [1.165, 1.54) is 6.92 Å². The Morgan fingerprint density at radius 3 is 2.13 bits per heavy atom. The Morgan fingerprint density at radius 2 is 1.70 bits per heavy atom. The van der Waals surface area contributed by atoms with E-state index >= 15 is 0 Å². The number of hydrogen-bond acceptors (Lipinski definition) is 4. The molecule has 1 amide bonds. The molecule has 2 aliphatic rings. The highest BCUT2D eigenvalue weighted by Crippen LogP contribution is 2.65. The molecule has 2 bridgehead atoms. The SMILES string of the molecule is CC(=O)c1ccc(NC(=O)[C@@]23CC[C@@](C)(C(=O)O2)C3(C)C)cc1. The van der Waals surface area contributed by atoms with Gasteiger partial charge >= 0.3 is 5.97 Å². The number of esters is 1. The van der Waals surface area contributed by atoms with E-state index in [1.807, 2.05) is 20.8 Å². The van der Waals surface area contributed by atoms with Gasteiger partial charge in [-0.2, -0.15) is 0 Å². The van der Waals surface area contributed by atoms with Gasteiger partial charge in [-0.1, -0.05) is 13.8 Å². The van der Waals surface area contributed by atoms with Crippen molar-refractivity contribution in [3.8, 4) is 0 Å². The molecule has 1 N–H and O–H groups in total. The summed E-state index contributed by atoms with van der Waals surface area (Å²) in [4.78, 5) is 36.4. The first kappa shape index (κ1) is 15.7. The Kier molecular flexibility index (Phi) is 3.19. The van der Waals surface area contributed by atoms with Gasteiger partial charge in [-0.05, 0) is 51.0 Å². The van der Waals surface area contributed by atoms with Crippen molar-refractivity contribution in [2.24, 2.45) is 10.8 Å². The number of nitrogens with one attached hydrogen (secondary N) is 1. The predicted octanol–water partition coefficient (Wildman–Crippen LogP) is 2.95. The number of benzene rings is 1. The largest absolute Gasteiger partial charge is 0.448 e. The number of Topliss-reactive ketones (excluding diaryl/α,β-unsaturated/α-hetero) is 1. The molecule has 0 aromatic heterocycles. The fourth-order valence-electron chi connectivity index (χ4n) is 3.77. The number of anilines is 1. The number of ketones is 1. The fraction of sp³-hybridized carbons (Fsp3) is 0.500. The highest BCUT2D eigenvalue weighted by molar-refractivity contribution is 6.03. The Balaban J connectivity index is 1.86. The van der Waals surface area contributed by atoms with Crippen LogP contribution in [0.2, 0.25) is 0 Å². The summed E-state index contributed by atoms with van der Waals surface area (Å²) < 4.78 is 5.56. The van der Waals surface area contributed by atoms with Gasteiger partial charge in [0.25, 0.3) is 5.91 Å². The number of fused-ring (bicyclic) bond motifs is 2. The summed E-state index contributed by atoms with van der Waals surface area (Å²) in [6.07, 6.45) is 1.18. The van der Waals surface area contributed by atoms with Crippen LogP contribution in [-0.4, -0.2) is 23.3 Å². The summed E-state index contributed by atoms with van der Waals surface area (Å²) in [5, 5.41) is 2.83. The lowest BCUT2D eigenvalue weighted by atomic mass is 9.66. The molecule has 2 fully saturated rings. The minimum atomic E-state index is -1.13. The molecule has 122 valence electrons. The van der Waals surface area contributed by atoms with Crippen LogP contribution < -0.4 is 5.32 Å². The average Bonchev–Trinajstić information content (AvgIpc) is 2.78. The van der Waals surface area contributed by atoms with E-state index in [0.717, 1.165) is 0 Å². The van der Waals surface area contributed by atoms with Crippen LogP contribution in [0.3, 0.4) is 0 Å². The number of hydrogen-bond donors (Lipinski definition) is 1. The molecule has 0 spiro atoms. The second kappa shape index (κ2) is 4.66. The van der Waals surface area contributed by atoms with E-state index in [2.05, 4.69) is 5.32 Å². The van der Waals surface area contributed by atoms with Crippen molar-refractivity contribution in [1.29, 1.82) is 0 Å². The minimum absolute atomic E-state index is 0.0288. The molecule has 1 aliphatic carbocycles. The van der Waals surface area contributed by atoms with Crippen molar-refractivity contribution < 1.29 is 19.1 Å². The fourth-order valence-corrected chi connectivity index (χ4v) is 3.77. The number of amides is 1. The maximum atomic E-state index is 12.9. The Hall–Kier alpha value is -2.17. The first-order valence-electron chi connectivity index (χ1n) is 7.80. The molecular weight excluding hydrogens is 294 g/mol. The lowest BCUT2D eigenvalue weighted by molar-refractivity contribution is -0.165. The third kappa shape index (κ3) is 1.89. The molecule has 0 radical (unpaired) electrons. The summed E-state index contributed by atoms with van der Waals surface area (Å²) in [5.41, 5.74) is -1.15. The number of ether oxygens (including phenoxy) is 1. The van der Waals surface area contributed by atoms with Gasteiger partial charge in [0.05, 0.1) is 5.41 Å². The molecule has 5 nitrogen and oxygen atoms in total. The van der Waals surface area contributed by atoms with E-state index in [4.69, 9.17) is 4.74 Å². The smallest absolute Gasteiger partial charge is 0.313 e. The van der Waals surface area contributed by atoms with Gasteiger partial charge in [0.15, 0.2) is 11.4 Å². The molecular formula is C18H21NO4. The zero-order valence-corrected chi connectivity index (χ0v) is 13.9. The van der Waals surface area contributed by atoms with Crippen LogP contribution in [-0.2, 0) is 14.3 Å². The van der Waals surface area contributed by atoms with E-state index in [0.29, 0.717) is 24.1 Å². The van der Waals surface area contributed by atoms with Crippen molar-refractivity contribution in [1.82, 2.24) is 0 Å². The summed E-state index contributed by atoms with van der Waals surface area (Å²) in [5.74, 6) is -0.623. The molecule has 0 unspecified atom stereocenters. The molecule has 1 saturated heterocycles. The van der Waals surface area contributed by atoms with Gasteiger partial charge in [0, 0.05) is 16.7 Å². The molecule has 1 saturated carbocycles. The standard InChI is InChI=1S/C18H21NO4/c1-11(20)12-5-7-13(8-6-12)19-14(21)18-10-9-17(4,15(22)23-18)16(18,2)3/h5-8H,9-10H2,1-4H3,(H,19,21)/t17-,18+/m0/s1. The lowest BCUT2D eigenvalue weighted by Gasteiger charge is -2.35. The molecule has 3 rings (SSSR count). The average molecular weight is 315 g/mol. The quantitative estimate of drug-likeness (QED) is 0.687. The highest BCUT2D eigenvalue weighted by atomic mass is 16.6. The van der Waals surface area contributed by atoms with Gasteiger partial charge in [-0.15, -0.1) is 0 Å². The third-order valence-corrected chi connectivity index (χ3v) is 6.00.